The van der Waals surface area contributed by atoms with Crippen LogP contribution < -0.4 is 14.8 Å². The highest BCUT2D eigenvalue weighted by molar-refractivity contribution is 6.41. The van der Waals surface area contributed by atoms with E-state index in [4.69, 9.17) is 32.7 Å². The molecule has 0 spiro atoms. The number of halogens is 2. The van der Waals surface area contributed by atoms with E-state index in [1.165, 1.54) is 10.6 Å². The molecule has 0 saturated carbocycles. The van der Waals surface area contributed by atoms with Crippen LogP contribution in [-0.4, -0.2) is 34.2 Å². The fraction of sp³-hybridized carbons (Fsp3) is 0.263. The normalized spacial score (nSPS) is 11.9. The van der Waals surface area contributed by atoms with Crippen LogP contribution in [0.15, 0.2) is 36.7 Å². The molecule has 0 aliphatic heterocycles. The molecule has 28 heavy (non-hydrogen) atoms. The number of ether oxygens (including phenoxy) is 2. The molecule has 0 unspecified atom stereocenters. The van der Waals surface area contributed by atoms with E-state index < -0.39 is 6.04 Å². The maximum Gasteiger partial charge on any atom is 0.268 e. The number of carbonyl (C=O) groups is 1. The molecule has 0 aliphatic carbocycles. The number of hydrogen-bond donors (Lipinski definition) is 1. The number of benzene rings is 1. The lowest BCUT2D eigenvalue weighted by atomic mass is 10.0. The minimum Gasteiger partial charge on any atom is -0.497 e. The highest BCUT2D eigenvalue weighted by Gasteiger charge is 2.25. The second-order valence-electron chi connectivity index (χ2n) is 6.18. The van der Waals surface area contributed by atoms with Crippen LogP contribution in [-0.2, 0) is 14.1 Å². The van der Waals surface area contributed by atoms with Crippen molar-refractivity contribution < 1.29 is 14.3 Å². The Hall–Kier alpha value is -2.64. The fourth-order valence-electron chi connectivity index (χ4n) is 2.91. The van der Waals surface area contributed by atoms with E-state index in [1.807, 2.05) is 29.9 Å². The van der Waals surface area contributed by atoms with Gasteiger partial charge in [0.25, 0.3) is 5.91 Å². The van der Waals surface area contributed by atoms with Gasteiger partial charge in [-0.15, -0.1) is 0 Å². The Kier molecular flexibility index (Phi) is 5.86. The molecule has 1 N–H and O–H groups in total. The number of nitrogens with zero attached hydrogens (tertiary/aromatic N) is 3. The second-order valence-corrected chi connectivity index (χ2v) is 6.94. The summed E-state index contributed by atoms with van der Waals surface area (Å²) in [6.07, 6.45) is 3.48. The predicted molar refractivity (Wildman–Crippen MR) is 107 cm³/mol. The summed E-state index contributed by atoms with van der Waals surface area (Å²) in [5, 5.41) is 3.61. The lowest BCUT2D eigenvalue weighted by Gasteiger charge is -2.20. The molecule has 2 heterocycles. The smallest absolute Gasteiger partial charge is 0.268 e. The van der Waals surface area contributed by atoms with Crippen molar-refractivity contribution in [2.24, 2.45) is 14.1 Å². The van der Waals surface area contributed by atoms with Crippen LogP contribution in [0, 0.1) is 0 Å². The van der Waals surface area contributed by atoms with E-state index in [9.17, 15) is 4.79 Å². The Balaban J connectivity index is 2.05. The maximum atomic E-state index is 13.0. The SMILES string of the molecule is COc1cc(OC)cc([C@@H](NC(=O)c2cc(Cl)c(Cl)n2C)c2nccn2C)c1. The van der Waals surface area contributed by atoms with Gasteiger partial charge in [-0.25, -0.2) is 4.98 Å². The van der Waals surface area contributed by atoms with Gasteiger partial charge in [0, 0.05) is 32.6 Å². The lowest BCUT2D eigenvalue weighted by molar-refractivity contribution is 0.0933. The van der Waals surface area contributed by atoms with E-state index >= 15 is 0 Å². The second kappa shape index (κ2) is 8.16. The molecule has 0 bridgehead atoms. The Labute approximate surface area is 172 Å². The quantitative estimate of drug-likeness (QED) is 0.658. The summed E-state index contributed by atoms with van der Waals surface area (Å²) < 4.78 is 14.1. The number of carbonyl (C=O) groups excluding carboxylic acids is 1. The number of aromatic nitrogens is 3. The maximum absolute atomic E-state index is 13.0. The van der Waals surface area contributed by atoms with Gasteiger partial charge in [-0.1, -0.05) is 23.2 Å². The minimum absolute atomic E-state index is 0.295. The summed E-state index contributed by atoms with van der Waals surface area (Å²) in [5.74, 6) is 1.52. The zero-order valence-electron chi connectivity index (χ0n) is 15.9. The molecule has 2 aromatic heterocycles. The zero-order chi connectivity index (χ0) is 20.4. The third-order valence-electron chi connectivity index (χ3n) is 4.45. The Bertz CT molecular complexity index is 991. The van der Waals surface area contributed by atoms with Crippen LogP contribution in [0.1, 0.15) is 27.9 Å². The van der Waals surface area contributed by atoms with Crippen molar-refractivity contribution in [1.82, 2.24) is 19.4 Å². The van der Waals surface area contributed by atoms with Crippen molar-refractivity contribution in [3.63, 3.8) is 0 Å². The summed E-state index contributed by atoms with van der Waals surface area (Å²) in [7, 11) is 6.67. The molecule has 1 amide bonds. The molecular formula is C19H20Cl2N4O3. The number of hydrogen-bond acceptors (Lipinski definition) is 4. The van der Waals surface area contributed by atoms with Crippen LogP contribution >= 0.6 is 23.2 Å². The summed E-state index contributed by atoms with van der Waals surface area (Å²) in [6, 6.07) is 6.39. The predicted octanol–water partition coefficient (Wildman–Crippen LogP) is 3.60. The average molecular weight is 423 g/mol. The monoisotopic (exact) mass is 422 g/mol. The van der Waals surface area contributed by atoms with Crippen LogP contribution in [0.4, 0.5) is 0 Å². The highest BCUT2D eigenvalue weighted by atomic mass is 35.5. The van der Waals surface area contributed by atoms with Gasteiger partial charge in [0.2, 0.25) is 0 Å². The molecule has 7 nitrogen and oxygen atoms in total. The summed E-state index contributed by atoms with van der Waals surface area (Å²) in [4.78, 5) is 17.4. The van der Waals surface area contributed by atoms with Gasteiger partial charge in [0.1, 0.15) is 34.2 Å². The topological polar surface area (TPSA) is 70.3 Å². The van der Waals surface area contributed by atoms with E-state index in [2.05, 4.69) is 10.3 Å². The van der Waals surface area contributed by atoms with Crippen LogP contribution in [0.3, 0.4) is 0 Å². The first kappa shape index (κ1) is 20.1. The Morgan fingerprint density at radius 1 is 1.11 bits per heavy atom. The van der Waals surface area contributed by atoms with Gasteiger partial charge in [-0.05, 0) is 23.8 Å². The summed E-state index contributed by atoms with van der Waals surface area (Å²) in [6.45, 7) is 0. The molecule has 3 rings (SSSR count). The van der Waals surface area contributed by atoms with Crippen molar-refractivity contribution in [1.29, 1.82) is 0 Å². The van der Waals surface area contributed by atoms with Crippen molar-refractivity contribution >= 4 is 29.1 Å². The Morgan fingerprint density at radius 3 is 2.21 bits per heavy atom. The van der Waals surface area contributed by atoms with E-state index in [1.54, 1.807) is 33.5 Å². The van der Waals surface area contributed by atoms with Crippen molar-refractivity contribution in [3.05, 3.63) is 63.9 Å². The van der Waals surface area contributed by atoms with Crippen molar-refractivity contribution in [3.8, 4) is 11.5 Å². The third-order valence-corrected chi connectivity index (χ3v) is 5.29. The molecule has 1 aromatic carbocycles. The molecular weight excluding hydrogens is 403 g/mol. The largest absolute Gasteiger partial charge is 0.497 e. The van der Waals surface area contributed by atoms with Crippen molar-refractivity contribution in [2.75, 3.05) is 14.2 Å². The molecule has 9 heteroatoms. The van der Waals surface area contributed by atoms with Gasteiger partial charge >= 0.3 is 0 Å². The van der Waals surface area contributed by atoms with Gasteiger partial charge < -0.3 is 23.9 Å². The number of aryl methyl sites for hydroxylation is 1. The zero-order valence-corrected chi connectivity index (χ0v) is 17.4. The van der Waals surface area contributed by atoms with E-state index in [-0.39, 0.29) is 5.91 Å². The number of rotatable bonds is 6. The molecule has 148 valence electrons. The minimum atomic E-state index is -0.552. The van der Waals surface area contributed by atoms with Gasteiger partial charge in [0.15, 0.2) is 0 Å². The number of nitrogens with one attached hydrogen (secondary N) is 1. The van der Waals surface area contributed by atoms with Gasteiger partial charge in [0.05, 0.1) is 19.2 Å². The highest BCUT2D eigenvalue weighted by Crippen LogP contribution is 2.30. The Morgan fingerprint density at radius 2 is 1.75 bits per heavy atom. The lowest BCUT2D eigenvalue weighted by Crippen LogP contribution is -2.32. The first-order valence-corrected chi connectivity index (χ1v) is 9.13. The van der Waals surface area contributed by atoms with Crippen LogP contribution in [0.2, 0.25) is 10.2 Å². The van der Waals surface area contributed by atoms with E-state index in [0.29, 0.717) is 33.2 Å². The molecule has 0 fully saturated rings. The average Bonchev–Trinajstić information content (AvgIpc) is 3.23. The molecule has 0 radical (unpaired) electrons. The molecule has 0 saturated heterocycles. The molecule has 1 atom stereocenters. The first-order chi connectivity index (χ1) is 13.3. The fourth-order valence-corrected chi connectivity index (χ4v) is 3.29. The van der Waals surface area contributed by atoms with Crippen LogP contribution in [0.5, 0.6) is 11.5 Å². The van der Waals surface area contributed by atoms with Crippen LogP contribution in [0.25, 0.3) is 0 Å². The summed E-state index contributed by atoms with van der Waals surface area (Å²) in [5.41, 5.74) is 1.09. The van der Waals surface area contributed by atoms with E-state index in [0.717, 1.165) is 5.56 Å². The number of imidazole rings is 1. The molecule has 0 aliphatic rings. The standard InChI is InChI=1S/C19H20Cl2N4O3/c1-24-6-5-22-18(24)16(11-7-12(27-3)9-13(8-11)28-4)23-19(26)15-10-14(20)17(21)25(15)2/h5-10,16H,1-4H3,(H,23,26)/t16-/m1/s1. The first-order valence-electron chi connectivity index (χ1n) is 8.37. The number of methoxy groups -OCH3 is 2. The van der Waals surface area contributed by atoms with Gasteiger partial charge in [-0.2, -0.15) is 0 Å². The van der Waals surface area contributed by atoms with Gasteiger partial charge in [-0.3, -0.25) is 4.79 Å². The van der Waals surface area contributed by atoms with Crippen molar-refractivity contribution in [2.45, 2.75) is 6.04 Å². The molecule has 3 aromatic rings. The summed E-state index contributed by atoms with van der Waals surface area (Å²) >= 11 is 12.2. The third kappa shape index (κ3) is 3.81. The number of amides is 1.